The topological polar surface area (TPSA) is 93.5 Å². The minimum absolute atomic E-state index is 0.0298. The number of carbonyl (C=O) groups is 1. The number of rotatable bonds is 5. The first-order chi connectivity index (χ1) is 12.1. The normalized spacial score (nSPS) is 16.0. The maximum Gasteiger partial charge on any atom is 0.311 e. The Morgan fingerprint density at radius 3 is 2.92 bits per heavy atom. The Hall–Kier alpha value is -2.93. The average Bonchev–Trinajstić information content (AvgIpc) is 2.65. The molecule has 0 spiro atoms. The summed E-state index contributed by atoms with van der Waals surface area (Å²) in [5.41, 5.74) is 2.46. The van der Waals surface area contributed by atoms with E-state index < -0.39 is 4.92 Å². The van der Waals surface area contributed by atoms with E-state index in [4.69, 9.17) is 4.74 Å². The van der Waals surface area contributed by atoms with Crippen molar-refractivity contribution in [3.05, 3.63) is 69.3 Å². The zero-order valence-corrected chi connectivity index (χ0v) is 13.8. The molecule has 1 atom stereocenters. The highest BCUT2D eigenvalue weighted by Crippen LogP contribution is 2.27. The summed E-state index contributed by atoms with van der Waals surface area (Å²) in [7, 11) is 1.36. The van der Waals surface area contributed by atoms with Gasteiger partial charge < -0.3 is 15.4 Å². The summed E-state index contributed by atoms with van der Waals surface area (Å²) in [6, 6.07) is 12.3. The van der Waals surface area contributed by atoms with Crippen molar-refractivity contribution < 1.29 is 14.5 Å². The van der Waals surface area contributed by atoms with Crippen molar-refractivity contribution in [1.82, 2.24) is 10.6 Å². The van der Waals surface area contributed by atoms with E-state index in [2.05, 4.69) is 22.8 Å². The fourth-order valence-corrected chi connectivity index (χ4v) is 3.05. The molecule has 0 saturated carbocycles. The van der Waals surface area contributed by atoms with Crippen LogP contribution in [-0.4, -0.2) is 31.0 Å². The smallest absolute Gasteiger partial charge is 0.311 e. The number of benzene rings is 2. The summed E-state index contributed by atoms with van der Waals surface area (Å²) in [6.45, 7) is 1.27. The first-order valence-corrected chi connectivity index (χ1v) is 8.02. The van der Waals surface area contributed by atoms with Gasteiger partial charge in [-0.2, -0.15) is 0 Å². The Morgan fingerprint density at radius 1 is 1.36 bits per heavy atom. The summed E-state index contributed by atoms with van der Waals surface area (Å²) < 4.78 is 4.95. The van der Waals surface area contributed by atoms with Crippen LogP contribution < -0.4 is 15.4 Å². The van der Waals surface area contributed by atoms with E-state index in [0.717, 1.165) is 13.0 Å². The Balaban J connectivity index is 1.72. The molecule has 1 unspecified atom stereocenters. The monoisotopic (exact) mass is 341 g/mol. The number of hydrogen-bond acceptors (Lipinski definition) is 5. The van der Waals surface area contributed by atoms with Gasteiger partial charge in [0.25, 0.3) is 5.91 Å². The summed E-state index contributed by atoms with van der Waals surface area (Å²) in [6.07, 6.45) is 0.964. The van der Waals surface area contributed by atoms with Gasteiger partial charge in [-0.25, -0.2) is 0 Å². The van der Waals surface area contributed by atoms with Crippen LogP contribution >= 0.6 is 0 Å². The van der Waals surface area contributed by atoms with Gasteiger partial charge in [0.15, 0.2) is 5.75 Å². The standard InChI is InChI=1S/C18H19N3O4/c1-25-17-7-6-13(10-16(17)21(23)24)18(22)20-11-15-14-5-3-2-4-12(14)8-9-19-15/h2-7,10,15,19H,8-9,11H2,1H3,(H,20,22). The molecule has 0 aliphatic carbocycles. The number of nitrogens with zero attached hydrogens (tertiary/aromatic N) is 1. The second kappa shape index (κ2) is 7.31. The van der Waals surface area contributed by atoms with Crippen molar-refractivity contribution in [3.63, 3.8) is 0 Å². The molecule has 0 bridgehead atoms. The molecule has 0 saturated heterocycles. The first-order valence-electron chi connectivity index (χ1n) is 8.02. The van der Waals surface area contributed by atoms with Gasteiger partial charge in [-0.05, 0) is 36.2 Å². The highest BCUT2D eigenvalue weighted by Gasteiger charge is 2.21. The van der Waals surface area contributed by atoms with E-state index in [9.17, 15) is 14.9 Å². The van der Waals surface area contributed by atoms with E-state index >= 15 is 0 Å². The Labute approximate surface area is 145 Å². The lowest BCUT2D eigenvalue weighted by Gasteiger charge is -2.27. The zero-order valence-electron chi connectivity index (χ0n) is 13.8. The number of nitrogens with one attached hydrogen (secondary N) is 2. The van der Waals surface area contributed by atoms with E-state index in [-0.39, 0.29) is 28.9 Å². The Bertz CT molecular complexity index is 807. The van der Waals surface area contributed by atoms with Gasteiger partial charge in [-0.3, -0.25) is 14.9 Å². The molecule has 2 aromatic rings. The van der Waals surface area contributed by atoms with Gasteiger partial charge >= 0.3 is 5.69 Å². The molecule has 7 heteroatoms. The minimum Gasteiger partial charge on any atom is -0.490 e. The third-order valence-corrected chi connectivity index (χ3v) is 4.32. The molecule has 1 heterocycles. The molecular weight excluding hydrogens is 322 g/mol. The maximum atomic E-state index is 12.4. The van der Waals surface area contributed by atoms with Crippen molar-refractivity contribution in [2.24, 2.45) is 0 Å². The fourth-order valence-electron chi connectivity index (χ4n) is 3.05. The lowest BCUT2D eigenvalue weighted by Crippen LogP contribution is -2.38. The molecule has 3 rings (SSSR count). The quantitative estimate of drug-likeness (QED) is 0.642. The number of fused-ring (bicyclic) bond motifs is 1. The van der Waals surface area contributed by atoms with E-state index in [1.165, 1.54) is 36.4 Å². The van der Waals surface area contributed by atoms with Crippen LogP contribution in [0.5, 0.6) is 5.75 Å². The van der Waals surface area contributed by atoms with E-state index in [1.54, 1.807) is 0 Å². The predicted octanol–water partition coefficient (Wildman–Crippen LogP) is 2.22. The summed E-state index contributed by atoms with van der Waals surface area (Å²) >= 11 is 0. The zero-order chi connectivity index (χ0) is 17.8. The molecule has 7 nitrogen and oxygen atoms in total. The number of nitro groups is 1. The third-order valence-electron chi connectivity index (χ3n) is 4.32. The highest BCUT2D eigenvalue weighted by molar-refractivity contribution is 5.95. The SMILES string of the molecule is COc1ccc(C(=O)NCC2NCCc3ccccc32)cc1[N+](=O)[O-]. The summed E-state index contributed by atoms with van der Waals surface area (Å²) in [4.78, 5) is 22.9. The molecule has 130 valence electrons. The van der Waals surface area contributed by atoms with Gasteiger partial charge in [0.1, 0.15) is 0 Å². The van der Waals surface area contributed by atoms with Gasteiger partial charge in [-0.1, -0.05) is 24.3 Å². The van der Waals surface area contributed by atoms with Crippen LogP contribution in [0.2, 0.25) is 0 Å². The van der Waals surface area contributed by atoms with Crippen molar-refractivity contribution in [2.75, 3.05) is 20.2 Å². The summed E-state index contributed by atoms with van der Waals surface area (Å²) in [5, 5.41) is 17.3. The first kappa shape index (κ1) is 16.9. The lowest BCUT2D eigenvalue weighted by atomic mass is 9.94. The molecule has 2 N–H and O–H groups in total. The van der Waals surface area contributed by atoms with Crippen LogP contribution in [0.4, 0.5) is 5.69 Å². The van der Waals surface area contributed by atoms with Crippen LogP contribution in [0.15, 0.2) is 42.5 Å². The lowest BCUT2D eigenvalue weighted by molar-refractivity contribution is -0.385. The van der Waals surface area contributed by atoms with Crippen LogP contribution in [0.1, 0.15) is 27.5 Å². The molecule has 1 aliphatic rings. The van der Waals surface area contributed by atoms with Crippen LogP contribution in [0.25, 0.3) is 0 Å². The minimum atomic E-state index is -0.561. The molecular formula is C18H19N3O4. The van der Waals surface area contributed by atoms with Crippen molar-refractivity contribution in [1.29, 1.82) is 0 Å². The van der Waals surface area contributed by atoms with Gasteiger partial charge in [-0.15, -0.1) is 0 Å². The predicted molar refractivity (Wildman–Crippen MR) is 92.9 cm³/mol. The molecule has 0 fully saturated rings. The number of ether oxygens (including phenoxy) is 1. The van der Waals surface area contributed by atoms with E-state index in [1.807, 2.05) is 12.1 Å². The summed E-state index contributed by atoms with van der Waals surface area (Å²) in [5.74, 6) is -0.222. The third kappa shape index (κ3) is 3.61. The molecule has 1 amide bonds. The number of amides is 1. The number of hydrogen-bond donors (Lipinski definition) is 2. The highest BCUT2D eigenvalue weighted by atomic mass is 16.6. The second-order valence-electron chi connectivity index (χ2n) is 5.81. The van der Waals surface area contributed by atoms with Gasteiger partial charge in [0, 0.05) is 24.2 Å². The van der Waals surface area contributed by atoms with Crippen molar-refractivity contribution in [3.8, 4) is 5.75 Å². The van der Waals surface area contributed by atoms with Crippen molar-refractivity contribution in [2.45, 2.75) is 12.5 Å². The molecule has 1 aliphatic heterocycles. The van der Waals surface area contributed by atoms with E-state index in [0.29, 0.717) is 6.54 Å². The molecule has 2 aromatic carbocycles. The number of nitro benzene ring substituents is 1. The molecule has 25 heavy (non-hydrogen) atoms. The number of methoxy groups -OCH3 is 1. The fraction of sp³-hybridized carbons (Fsp3) is 0.278. The van der Waals surface area contributed by atoms with Gasteiger partial charge in [0.2, 0.25) is 0 Å². The average molecular weight is 341 g/mol. The maximum absolute atomic E-state index is 12.4. The van der Waals surface area contributed by atoms with Gasteiger partial charge in [0.05, 0.1) is 12.0 Å². The Morgan fingerprint density at radius 2 is 2.16 bits per heavy atom. The Kier molecular flexibility index (Phi) is 4.95. The van der Waals surface area contributed by atoms with Crippen LogP contribution in [-0.2, 0) is 6.42 Å². The number of carbonyl (C=O) groups excluding carboxylic acids is 1. The van der Waals surface area contributed by atoms with Crippen LogP contribution in [0, 0.1) is 10.1 Å². The van der Waals surface area contributed by atoms with Crippen molar-refractivity contribution >= 4 is 11.6 Å². The molecule has 0 radical (unpaired) electrons. The van der Waals surface area contributed by atoms with Crippen LogP contribution in [0.3, 0.4) is 0 Å². The largest absolute Gasteiger partial charge is 0.490 e. The molecule has 0 aromatic heterocycles. The second-order valence-corrected chi connectivity index (χ2v) is 5.81.